The lowest BCUT2D eigenvalue weighted by Gasteiger charge is -2.36. The average Bonchev–Trinajstić information content (AvgIpc) is 2.85. The molecule has 26 heavy (non-hydrogen) atoms. The smallest absolute Gasteiger partial charge is 0.317 e. The maximum absolute atomic E-state index is 13.5. The van der Waals surface area contributed by atoms with Crippen molar-refractivity contribution < 1.29 is 4.79 Å². The van der Waals surface area contributed by atoms with Crippen molar-refractivity contribution in [3.8, 4) is 6.07 Å². The Morgan fingerprint density at radius 2 is 1.73 bits per heavy atom. The monoisotopic (exact) mass is 346 g/mol. The number of carbonyl (C=O) groups excluding carboxylic acids is 1. The summed E-state index contributed by atoms with van der Waals surface area (Å²) in [6.07, 6.45) is 1.94. The Morgan fingerprint density at radius 1 is 1.00 bits per heavy atom. The molecule has 132 valence electrons. The Balaban J connectivity index is 1.75. The zero-order valence-electron chi connectivity index (χ0n) is 14.7. The van der Waals surface area contributed by atoms with Crippen molar-refractivity contribution in [2.24, 2.45) is 0 Å². The summed E-state index contributed by atoms with van der Waals surface area (Å²) in [6.45, 7) is 3.07. The van der Waals surface area contributed by atoms with E-state index in [0.717, 1.165) is 31.6 Å². The third kappa shape index (κ3) is 3.16. The fraction of sp³-hybridized carbons (Fsp3) is 0.333. The zero-order chi connectivity index (χ0) is 17.9. The first-order chi connectivity index (χ1) is 12.8. The van der Waals surface area contributed by atoms with Crippen LogP contribution in [0.15, 0.2) is 48.5 Å². The number of carbonyl (C=O) groups is 1. The largest absolute Gasteiger partial charge is 0.325 e. The predicted molar refractivity (Wildman–Crippen MR) is 101 cm³/mol. The van der Waals surface area contributed by atoms with E-state index in [9.17, 15) is 10.1 Å². The maximum Gasteiger partial charge on any atom is 0.325 e. The van der Waals surface area contributed by atoms with Crippen LogP contribution in [0, 0.1) is 11.3 Å². The van der Waals surface area contributed by atoms with Gasteiger partial charge >= 0.3 is 6.03 Å². The minimum atomic E-state index is 0.0307. The highest BCUT2D eigenvalue weighted by Crippen LogP contribution is 2.29. The molecule has 0 aromatic heterocycles. The molecule has 1 fully saturated rings. The van der Waals surface area contributed by atoms with E-state index in [1.54, 1.807) is 12.1 Å². The lowest BCUT2D eigenvalue weighted by Crippen LogP contribution is -2.49. The highest BCUT2D eigenvalue weighted by atomic mass is 16.2. The Morgan fingerprint density at radius 3 is 2.46 bits per heavy atom. The van der Waals surface area contributed by atoms with E-state index in [-0.39, 0.29) is 12.1 Å². The number of hydrogen-bond acceptors (Lipinski definition) is 3. The molecular formula is C21H22N4O. The summed E-state index contributed by atoms with van der Waals surface area (Å²) in [5.41, 5.74) is 3.73. The summed E-state index contributed by atoms with van der Waals surface area (Å²) in [7, 11) is 0. The summed E-state index contributed by atoms with van der Waals surface area (Å²) in [5.74, 6) is 0. The SMILES string of the molecule is N#Cc1cccc(N2Cc3ccccc3CN(C3CCNCC3)C2=O)c1. The van der Waals surface area contributed by atoms with Crippen LogP contribution in [0.3, 0.4) is 0 Å². The van der Waals surface area contributed by atoms with Gasteiger partial charge in [0.1, 0.15) is 0 Å². The predicted octanol–water partition coefficient (Wildman–Crippen LogP) is 3.25. The number of fused-ring (bicyclic) bond motifs is 1. The quantitative estimate of drug-likeness (QED) is 0.908. The van der Waals surface area contributed by atoms with Crippen molar-refractivity contribution in [3.05, 3.63) is 65.2 Å². The molecule has 1 N–H and O–H groups in total. The van der Waals surface area contributed by atoms with Gasteiger partial charge in [-0.3, -0.25) is 4.90 Å². The molecule has 0 atom stereocenters. The molecule has 0 bridgehead atoms. The molecule has 5 heteroatoms. The molecule has 2 aromatic carbocycles. The third-order valence-electron chi connectivity index (χ3n) is 5.30. The number of benzene rings is 2. The van der Waals surface area contributed by atoms with Crippen LogP contribution < -0.4 is 10.2 Å². The van der Waals surface area contributed by atoms with Crippen molar-refractivity contribution >= 4 is 11.7 Å². The fourth-order valence-corrected chi connectivity index (χ4v) is 3.86. The highest BCUT2D eigenvalue weighted by molar-refractivity contribution is 5.93. The Bertz CT molecular complexity index is 851. The number of nitrogens with zero attached hydrogens (tertiary/aromatic N) is 3. The molecule has 2 aliphatic rings. The van der Waals surface area contributed by atoms with Crippen molar-refractivity contribution in [1.82, 2.24) is 10.2 Å². The normalized spacial score (nSPS) is 18.2. The molecule has 2 heterocycles. The maximum atomic E-state index is 13.5. The highest BCUT2D eigenvalue weighted by Gasteiger charge is 2.33. The van der Waals surface area contributed by atoms with Crippen molar-refractivity contribution in [3.63, 3.8) is 0 Å². The number of hydrogen-bond donors (Lipinski definition) is 1. The van der Waals surface area contributed by atoms with Gasteiger partial charge in [-0.25, -0.2) is 4.79 Å². The number of amides is 2. The molecule has 0 saturated carbocycles. The summed E-state index contributed by atoms with van der Waals surface area (Å²) in [5, 5.41) is 12.6. The second kappa shape index (κ2) is 7.19. The van der Waals surface area contributed by atoms with Gasteiger partial charge in [0.05, 0.1) is 18.2 Å². The zero-order valence-corrected chi connectivity index (χ0v) is 14.7. The lowest BCUT2D eigenvalue weighted by atomic mass is 10.0. The van der Waals surface area contributed by atoms with Crippen LogP contribution >= 0.6 is 0 Å². The molecule has 2 amide bonds. The molecule has 0 unspecified atom stereocenters. The third-order valence-corrected chi connectivity index (χ3v) is 5.30. The van der Waals surface area contributed by atoms with E-state index in [1.807, 2.05) is 34.1 Å². The molecule has 1 saturated heterocycles. The lowest BCUT2D eigenvalue weighted by molar-refractivity contribution is 0.162. The van der Waals surface area contributed by atoms with Gasteiger partial charge in [0, 0.05) is 18.3 Å². The topological polar surface area (TPSA) is 59.4 Å². The van der Waals surface area contributed by atoms with Crippen LogP contribution in [-0.4, -0.2) is 30.1 Å². The molecule has 0 radical (unpaired) electrons. The number of nitriles is 1. The Hall–Kier alpha value is -2.84. The Labute approximate surface area is 153 Å². The van der Waals surface area contributed by atoms with Gasteiger partial charge < -0.3 is 10.2 Å². The second-order valence-corrected chi connectivity index (χ2v) is 6.91. The van der Waals surface area contributed by atoms with Gasteiger partial charge in [-0.15, -0.1) is 0 Å². The summed E-state index contributed by atoms with van der Waals surface area (Å²) >= 11 is 0. The van der Waals surface area contributed by atoms with E-state index in [4.69, 9.17) is 0 Å². The number of urea groups is 1. The molecular weight excluding hydrogens is 324 g/mol. The van der Waals surface area contributed by atoms with Crippen molar-refractivity contribution in [2.45, 2.75) is 32.0 Å². The van der Waals surface area contributed by atoms with E-state index in [0.29, 0.717) is 18.7 Å². The minimum Gasteiger partial charge on any atom is -0.317 e. The van der Waals surface area contributed by atoms with Crippen LogP contribution in [-0.2, 0) is 13.1 Å². The first kappa shape index (κ1) is 16.6. The molecule has 2 aromatic rings. The summed E-state index contributed by atoms with van der Waals surface area (Å²) in [6, 6.07) is 18.0. The van der Waals surface area contributed by atoms with Crippen LogP contribution in [0.2, 0.25) is 0 Å². The van der Waals surface area contributed by atoms with Crippen LogP contribution in [0.5, 0.6) is 0 Å². The molecule has 5 nitrogen and oxygen atoms in total. The molecule has 0 spiro atoms. The second-order valence-electron chi connectivity index (χ2n) is 6.91. The van der Waals surface area contributed by atoms with E-state index >= 15 is 0 Å². The van der Waals surface area contributed by atoms with Crippen LogP contribution in [0.25, 0.3) is 0 Å². The average molecular weight is 346 g/mol. The molecule has 0 aliphatic carbocycles. The van der Waals surface area contributed by atoms with Gasteiger partial charge in [-0.05, 0) is 55.3 Å². The number of rotatable bonds is 2. The van der Waals surface area contributed by atoms with Gasteiger partial charge in [0.2, 0.25) is 0 Å². The van der Waals surface area contributed by atoms with Gasteiger partial charge in [-0.2, -0.15) is 5.26 Å². The van der Waals surface area contributed by atoms with Crippen molar-refractivity contribution in [1.29, 1.82) is 5.26 Å². The number of piperidine rings is 1. The standard InChI is InChI=1S/C21H22N4O/c22-13-16-4-3-7-20(12-16)25-15-18-6-2-1-5-17(18)14-24(21(25)26)19-8-10-23-11-9-19/h1-7,12,19,23H,8-11,14-15H2. The van der Waals surface area contributed by atoms with E-state index in [2.05, 4.69) is 23.5 Å². The minimum absolute atomic E-state index is 0.0307. The fourth-order valence-electron chi connectivity index (χ4n) is 3.86. The van der Waals surface area contributed by atoms with Gasteiger partial charge in [0.15, 0.2) is 0 Å². The summed E-state index contributed by atoms with van der Waals surface area (Å²) < 4.78 is 0. The van der Waals surface area contributed by atoms with E-state index < -0.39 is 0 Å². The van der Waals surface area contributed by atoms with E-state index in [1.165, 1.54) is 11.1 Å². The molecule has 4 rings (SSSR count). The summed E-state index contributed by atoms with van der Waals surface area (Å²) in [4.78, 5) is 17.3. The molecule has 2 aliphatic heterocycles. The van der Waals surface area contributed by atoms with Crippen molar-refractivity contribution in [2.75, 3.05) is 18.0 Å². The first-order valence-corrected chi connectivity index (χ1v) is 9.12. The van der Waals surface area contributed by atoms with Gasteiger partial charge in [0.25, 0.3) is 0 Å². The number of nitrogens with one attached hydrogen (secondary N) is 1. The number of anilines is 1. The van der Waals surface area contributed by atoms with Crippen LogP contribution in [0.4, 0.5) is 10.5 Å². The Kier molecular flexibility index (Phi) is 4.59. The van der Waals surface area contributed by atoms with Crippen LogP contribution in [0.1, 0.15) is 29.5 Å². The first-order valence-electron chi connectivity index (χ1n) is 9.12. The van der Waals surface area contributed by atoms with Gasteiger partial charge in [-0.1, -0.05) is 30.3 Å².